The molecule has 0 aromatic carbocycles. The monoisotopic (exact) mass is 280 g/mol. The number of hydrogen-bond donors (Lipinski definition) is 2. The number of aliphatic carboxylic acids is 1. The Kier molecular flexibility index (Phi) is 3.38. The van der Waals surface area contributed by atoms with Gasteiger partial charge >= 0.3 is 5.97 Å². The SMILES string of the molecule is C/C(C=C[C@]1(O)[C@@]2(C)CO[C@]1(C)CC(=O)C2)=C/C(=O)O. The molecular weight excluding hydrogens is 260 g/mol. The molecule has 1 saturated carbocycles. The second-order valence-electron chi connectivity index (χ2n) is 6.30. The number of ether oxygens (including phenoxy) is 1. The quantitative estimate of drug-likeness (QED) is 0.604. The van der Waals surface area contributed by atoms with Gasteiger partial charge in [-0.25, -0.2) is 4.79 Å². The molecule has 5 heteroatoms. The van der Waals surface area contributed by atoms with Crippen molar-refractivity contribution in [1.29, 1.82) is 0 Å². The maximum atomic E-state index is 11.8. The summed E-state index contributed by atoms with van der Waals surface area (Å²) in [6.45, 7) is 5.53. The normalized spacial score (nSPS) is 41.4. The summed E-state index contributed by atoms with van der Waals surface area (Å²) in [7, 11) is 0. The van der Waals surface area contributed by atoms with E-state index in [0.717, 1.165) is 6.08 Å². The van der Waals surface area contributed by atoms with Gasteiger partial charge in [-0.3, -0.25) is 4.79 Å². The van der Waals surface area contributed by atoms with Gasteiger partial charge in [0.05, 0.1) is 6.61 Å². The van der Waals surface area contributed by atoms with Gasteiger partial charge in [0, 0.05) is 24.3 Å². The van der Waals surface area contributed by atoms with Crippen molar-refractivity contribution in [2.75, 3.05) is 6.61 Å². The van der Waals surface area contributed by atoms with Crippen molar-refractivity contribution in [2.24, 2.45) is 5.41 Å². The van der Waals surface area contributed by atoms with E-state index in [2.05, 4.69) is 0 Å². The van der Waals surface area contributed by atoms with Crippen molar-refractivity contribution in [3.8, 4) is 0 Å². The van der Waals surface area contributed by atoms with Crippen LogP contribution in [0.5, 0.6) is 0 Å². The van der Waals surface area contributed by atoms with E-state index in [0.29, 0.717) is 12.2 Å². The number of Topliss-reactive ketones (excluding diaryl/α,β-unsaturated/α-hetero) is 1. The van der Waals surface area contributed by atoms with Crippen LogP contribution >= 0.6 is 0 Å². The molecule has 1 aliphatic carbocycles. The van der Waals surface area contributed by atoms with E-state index in [-0.39, 0.29) is 18.6 Å². The summed E-state index contributed by atoms with van der Waals surface area (Å²) >= 11 is 0. The smallest absolute Gasteiger partial charge is 0.328 e. The molecule has 0 radical (unpaired) electrons. The van der Waals surface area contributed by atoms with Crippen LogP contribution in [-0.2, 0) is 14.3 Å². The topological polar surface area (TPSA) is 83.8 Å². The van der Waals surface area contributed by atoms with Crippen LogP contribution in [0.1, 0.15) is 33.6 Å². The van der Waals surface area contributed by atoms with Crippen LogP contribution in [0.15, 0.2) is 23.8 Å². The van der Waals surface area contributed by atoms with E-state index in [9.17, 15) is 14.7 Å². The summed E-state index contributed by atoms with van der Waals surface area (Å²) in [5.74, 6) is -0.946. The number of carbonyl (C=O) groups excluding carboxylic acids is 1. The number of aliphatic hydroxyl groups is 1. The van der Waals surface area contributed by atoms with Gasteiger partial charge in [0.15, 0.2) is 0 Å². The summed E-state index contributed by atoms with van der Waals surface area (Å²) in [5.41, 5.74) is -2.37. The van der Waals surface area contributed by atoms with Crippen LogP contribution in [0.2, 0.25) is 0 Å². The van der Waals surface area contributed by atoms with E-state index in [1.54, 1.807) is 26.0 Å². The van der Waals surface area contributed by atoms with Crippen LogP contribution in [-0.4, -0.2) is 39.8 Å². The van der Waals surface area contributed by atoms with E-state index in [1.807, 2.05) is 6.92 Å². The fraction of sp³-hybridized carbons (Fsp3) is 0.600. The molecule has 2 rings (SSSR count). The molecule has 2 bridgehead atoms. The highest BCUT2D eigenvalue weighted by Crippen LogP contribution is 2.56. The maximum Gasteiger partial charge on any atom is 0.328 e. The Balaban J connectivity index is 2.36. The molecule has 110 valence electrons. The average molecular weight is 280 g/mol. The van der Waals surface area contributed by atoms with E-state index < -0.39 is 22.6 Å². The van der Waals surface area contributed by atoms with E-state index in [1.165, 1.54) is 0 Å². The average Bonchev–Trinajstić information content (AvgIpc) is 2.43. The van der Waals surface area contributed by atoms with Gasteiger partial charge in [-0.2, -0.15) is 0 Å². The van der Waals surface area contributed by atoms with Crippen molar-refractivity contribution < 1.29 is 24.5 Å². The third-order valence-corrected chi connectivity index (χ3v) is 4.50. The Morgan fingerprint density at radius 1 is 1.35 bits per heavy atom. The number of carboxylic acid groups (broad SMARTS) is 1. The molecule has 3 atom stereocenters. The second kappa shape index (κ2) is 4.53. The lowest BCUT2D eigenvalue weighted by Gasteiger charge is -2.47. The summed E-state index contributed by atoms with van der Waals surface area (Å²) in [6, 6.07) is 0. The molecular formula is C15H20O5. The van der Waals surface area contributed by atoms with Crippen molar-refractivity contribution >= 4 is 11.8 Å². The summed E-state index contributed by atoms with van der Waals surface area (Å²) in [6.07, 6.45) is 4.67. The van der Waals surface area contributed by atoms with Gasteiger partial charge < -0.3 is 14.9 Å². The Hall–Kier alpha value is -1.46. The van der Waals surface area contributed by atoms with E-state index >= 15 is 0 Å². The third kappa shape index (κ3) is 2.11. The fourth-order valence-corrected chi connectivity index (χ4v) is 3.29. The number of rotatable bonds is 3. The minimum absolute atomic E-state index is 0.0865. The van der Waals surface area contributed by atoms with Crippen molar-refractivity contribution in [1.82, 2.24) is 0 Å². The molecule has 0 amide bonds. The first-order chi connectivity index (χ1) is 9.12. The number of fused-ring (bicyclic) bond motifs is 2. The summed E-state index contributed by atoms with van der Waals surface area (Å²) in [4.78, 5) is 22.4. The lowest BCUT2D eigenvalue weighted by atomic mass is 9.59. The van der Waals surface area contributed by atoms with Gasteiger partial charge in [0.25, 0.3) is 0 Å². The lowest BCUT2D eigenvalue weighted by molar-refractivity contribution is -0.151. The maximum absolute atomic E-state index is 11.8. The lowest BCUT2D eigenvalue weighted by Crippen LogP contribution is -2.60. The number of allylic oxidation sites excluding steroid dienone is 2. The second-order valence-corrected chi connectivity index (χ2v) is 6.30. The van der Waals surface area contributed by atoms with Gasteiger partial charge in [-0.05, 0) is 25.5 Å². The van der Waals surface area contributed by atoms with Crippen LogP contribution in [0.4, 0.5) is 0 Å². The van der Waals surface area contributed by atoms with Crippen LogP contribution in [0.3, 0.4) is 0 Å². The van der Waals surface area contributed by atoms with Crippen LogP contribution in [0.25, 0.3) is 0 Å². The van der Waals surface area contributed by atoms with Gasteiger partial charge in [0.1, 0.15) is 17.0 Å². The molecule has 0 unspecified atom stereocenters. The first-order valence-corrected chi connectivity index (χ1v) is 6.60. The Morgan fingerprint density at radius 2 is 2.00 bits per heavy atom. The highest BCUT2D eigenvalue weighted by Gasteiger charge is 2.67. The third-order valence-electron chi connectivity index (χ3n) is 4.50. The highest BCUT2D eigenvalue weighted by molar-refractivity contribution is 5.83. The zero-order chi connectivity index (χ0) is 15.2. The molecule has 2 aliphatic rings. The minimum atomic E-state index is -1.28. The van der Waals surface area contributed by atoms with Crippen LogP contribution in [0, 0.1) is 5.41 Å². The van der Waals surface area contributed by atoms with Gasteiger partial charge in [-0.15, -0.1) is 0 Å². The molecule has 0 aromatic heterocycles. The summed E-state index contributed by atoms with van der Waals surface area (Å²) < 4.78 is 5.71. The number of hydrogen-bond acceptors (Lipinski definition) is 4. The van der Waals surface area contributed by atoms with Crippen molar-refractivity contribution in [2.45, 2.75) is 44.8 Å². The molecule has 0 spiro atoms. The Labute approximate surface area is 117 Å². The molecule has 1 aliphatic heterocycles. The number of carbonyl (C=O) groups is 2. The summed E-state index contributed by atoms with van der Waals surface area (Å²) in [5, 5.41) is 19.7. The molecule has 1 heterocycles. The Bertz CT molecular complexity index is 496. The zero-order valence-electron chi connectivity index (χ0n) is 12.0. The van der Waals surface area contributed by atoms with Gasteiger partial charge in [-0.1, -0.05) is 13.0 Å². The first-order valence-electron chi connectivity index (χ1n) is 6.60. The molecule has 1 saturated heterocycles. The molecule has 0 aromatic rings. The zero-order valence-corrected chi connectivity index (χ0v) is 12.0. The number of ketones is 1. The predicted octanol–water partition coefficient (Wildman–Crippen LogP) is 1.46. The first kappa shape index (κ1) is 14.9. The van der Waals surface area contributed by atoms with Crippen molar-refractivity contribution in [3.05, 3.63) is 23.8 Å². The largest absolute Gasteiger partial charge is 0.478 e. The van der Waals surface area contributed by atoms with E-state index in [4.69, 9.17) is 9.84 Å². The fourth-order valence-electron chi connectivity index (χ4n) is 3.29. The number of carboxylic acids is 1. The predicted molar refractivity (Wildman–Crippen MR) is 72.2 cm³/mol. The highest BCUT2D eigenvalue weighted by atomic mass is 16.5. The molecule has 2 fully saturated rings. The standard InChI is InChI=1S/C15H20O5/c1-10(6-12(17)18)4-5-15(19)13(2)7-11(16)8-14(15,3)20-9-13/h4-6,19H,7-9H2,1-3H3,(H,17,18)/b5-4?,10-6-/t13-,14-,15+/m1/s1. The Morgan fingerprint density at radius 3 is 2.55 bits per heavy atom. The molecule has 20 heavy (non-hydrogen) atoms. The van der Waals surface area contributed by atoms with Crippen molar-refractivity contribution in [3.63, 3.8) is 0 Å². The van der Waals surface area contributed by atoms with Crippen LogP contribution < -0.4 is 0 Å². The molecule has 2 N–H and O–H groups in total. The van der Waals surface area contributed by atoms with Gasteiger partial charge in [0.2, 0.25) is 0 Å². The molecule has 5 nitrogen and oxygen atoms in total. The minimum Gasteiger partial charge on any atom is -0.478 e.